The van der Waals surface area contributed by atoms with Crippen molar-refractivity contribution >= 4 is 22.5 Å². The van der Waals surface area contributed by atoms with E-state index in [0.29, 0.717) is 12.3 Å². The Kier molecular flexibility index (Phi) is 5.31. The summed E-state index contributed by atoms with van der Waals surface area (Å²) >= 11 is 0. The van der Waals surface area contributed by atoms with Crippen LogP contribution in [0.5, 0.6) is 0 Å². The quantitative estimate of drug-likeness (QED) is 0.682. The van der Waals surface area contributed by atoms with Gasteiger partial charge in [-0.2, -0.15) is 0 Å². The molecule has 1 saturated heterocycles. The lowest BCUT2D eigenvalue weighted by Gasteiger charge is -2.25. The zero-order valence-corrected chi connectivity index (χ0v) is 14.1. The van der Waals surface area contributed by atoms with E-state index in [-0.39, 0.29) is 11.4 Å². The third-order valence-corrected chi connectivity index (χ3v) is 4.64. The number of benzene rings is 1. The van der Waals surface area contributed by atoms with Crippen molar-refractivity contribution in [3.63, 3.8) is 0 Å². The van der Waals surface area contributed by atoms with Gasteiger partial charge in [0.2, 0.25) is 0 Å². The highest BCUT2D eigenvalue weighted by Crippen LogP contribution is 2.17. The number of ether oxygens (including phenoxy) is 1. The van der Waals surface area contributed by atoms with Crippen LogP contribution in [-0.4, -0.2) is 52.0 Å². The van der Waals surface area contributed by atoms with Crippen LogP contribution in [0.4, 0.5) is 0 Å². The molecule has 3 aromatic rings. The Hall–Kier alpha value is -2.44. The van der Waals surface area contributed by atoms with Crippen molar-refractivity contribution in [1.82, 2.24) is 14.3 Å². The van der Waals surface area contributed by atoms with Gasteiger partial charge in [-0.05, 0) is 49.5 Å². The van der Waals surface area contributed by atoms with Crippen molar-refractivity contribution in [3.05, 3.63) is 48.3 Å². The summed E-state index contributed by atoms with van der Waals surface area (Å²) < 4.78 is 7.36. The lowest BCUT2D eigenvalue weighted by atomic mass is 10.1. The molecule has 0 unspecified atom stereocenters. The minimum atomic E-state index is -0.347. The molecule has 0 aliphatic carbocycles. The van der Waals surface area contributed by atoms with Gasteiger partial charge in [-0.1, -0.05) is 24.6 Å². The van der Waals surface area contributed by atoms with Gasteiger partial charge in [-0.25, -0.2) is 9.78 Å². The Bertz CT molecular complexity index is 869. The van der Waals surface area contributed by atoms with Gasteiger partial charge in [0.05, 0.1) is 5.52 Å². The predicted molar refractivity (Wildman–Crippen MR) is 96.9 cm³/mol. The second-order valence-corrected chi connectivity index (χ2v) is 6.28. The maximum absolute atomic E-state index is 12.3. The van der Waals surface area contributed by atoms with Gasteiger partial charge in [0.1, 0.15) is 12.3 Å². The topological polar surface area (TPSA) is 78.3 Å². The molecule has 6 heteroatoms. The molecule has 1 fully saturated rings. The molecule has 2 N–H and O–H groups in total. The molecule has 0 radical (unpaired) electrons. The lowest BCUT2D eigenvalue weighted by Crippen LogP contribution is -2.33. The zero-order chi connectivity index (χ0) is 16.4. The molecule has 1 aliphatic heterocycles. The van der Waals surface area contributed by atoms with E-state index in [1.165, 1.54) is 19.3 Å². The fourth-order valence-corrected chi connectivity index (χ4v) is 3.34. The minimum absolute atomic E-state index is 0. The first-order chi connectivity index (χ1) is 11.8. The summed E-state index contributed by atoms with van der Waals surface area (Å²) in [6, 6.07) is 12.0. The summed E-state index contributed by atoms with van der Waals surface area (Å²) in [7, 11) is 0. The molecule has 1 aromatic carbocycles. The fourth-order valence-electron chi connectivity index (χ4n) is 3.34. The van der Waals surface area contributed by atoms with Gasteiger partial charge < -0.3 is 10.2 Å². The number of hydrogen-bond acceptors (Lipinski definition) is 4. The normalized spacial score (nSPS) is 15.2. The Morgan fingerprint density at radius 1 is 1.08 bits per heavy atom. The second-order valence-electron chi connectivity index (χ2n) is 6.28. The standard InChI is InChI=1S/C19H21N3O2.H2O/c23-19(24-13-12-21-10-4-1-5-11-21)16-14-22-17-7-3-2-6-15(17)8-9-18(22)20-16;/h2-3,6-9,14H,1,4-5,10-13H2;1H2. The first kappa shape index (κ1) is 17.4. The van der Waals surface area contributed by atoms with Crippen molar-refractivity contribution in [1.29, 1.82) is 0 Å². The Balaban J connectivity index is 0.00000182. The number of esters is 1. The molecule has 2 aromatic heterocycles. The number of para-hydroxylation sites is 1. The van der Waals surface area contributed by atoms with Gasteiger partial charge >= 0.3 is 5.97 Å². The van der Waals surface area contributed by atoms with Crippen LogP contribution in [0.1, 0.15) is 29.8 Å². The van der Waals surface area contributed by atoms with Gasteiger partial charge in [-0.3, -0.25) is 9.30 Å². The Morgan fingerprint density at radius 3 is 2.72 bits per heavy atom. The zero-order valence-electron chi connectivity index (χ0n) is 14.1. The Labute approximate surface area is 146 Å². The highest BCUT2D eigenvalue weighted by molar-refractivity contribution is 5.89. The second kappa shape index (κ2) is 7.63. The average Bonchev–Trinajstić information content (AvgIpc) is 3.07. The number of rotatable bonds is 4. The summed E-state index contributed by atoms with van der Waals surface area (Å²) in [6.07, 6.45) is 5.56. The fraction of sp³-hybridized carbons (Fsp3) is 0.368. The largest absolute Gasteiger partial charge is 0.460 e. The number of piperidine rings is 1. The van der Waals surface area contributed by atoms with E-state index in [0.717, 1.165) is 36.2 Å². The molecular weight excluding hydrogens is 318 g/mol. The van der Waals surface area contributed by atoms with Crippen LogP contribution >= 0.6 is 0 Å². The molecule has 4 rings (SSSR count). The predicted octanol–water partition coefficient (Wildman–Crippen LogP) is 2.31. The van der Waals surface area contributed by atoms with E-state index < -0.39 is 0 Å². The lowest BCUT2D eigenvalue weighted by molar-refractivity contribution is 0.0446. The van der Waals surface area contributed by atoms with Crippen LogP contribution in [0.3, 0.4) is 0 Å². The number of fused-ring (bicyclic) bond motifs is 3. The maximum Gasteiger partial charge on any atom is 0.358 e. The van der Waals surface area contributed by atoms with Crippen molar-refractivity contribution in [3.8, 4) is 0 Å². The van der Waals surface area contributed by atoms with Crippen molar-refractivity contribution in [2.45, 2.75) is 19.3 Å². The summed E-state index contributed by atoms with van der Waals surface area (Å²) in [5.41, 5.74) is 2.16. The van der Waals surface area contributed by atoms with E-state index in [9.17, 15) is 4.79 Å². The molecular formula is C19H23N3O3. The van der Waals surface area contributed by atoms with E-state index in [1.54, 1.807) is 6.20 Å². The van der Waals surface area contributed by atoms with Gasteiger partial charge in [0, 0.05) is 12.7 Å². The number of likely N-dealkylation sites (tertiary alicyclic amines) is 1. The van der Waals surface area contributed by atoms with E-state index in [4.69, 9.17) is 4.74 Å². The van der Waals surface area contributed by atoms with Crippen LogP contribution in [-0.2, 0) is 4.74 Å². The summed E-state index contributed by atoms with van der Waals surface area (Å²) in [4.78, 5) is 19.0. The maximum atomic E-state index is 12.3. The number of imidazole rings is 1. The van der Waals surface area contributed by atoms with E-state index in [2.05, 4.69) is 9.88 Å². The number of aromatic nitrogens is 2. The molecule has 0 amide bonds. The monoisotopic (exact) mass is 341 g/mol. The number of carbonyl (C=O) groups is 1. The van der Waals surface area contributed by atoms with Crippen molar-refractivity contribution < 1.29 is 15.0 Å². The molecule has 132 valence electrons. The first-order valence-corrected chi connectivity index (χ1v) is 8.57. The molecule has 0 bridgehead atoms. The summed E-state index contributed by atoms with van der Waals surface area (Å²) in [6.45, 7) is 3.45. The van der Waals surface area contributed by atoms with Crippen molar-refractivity contribution in [2.24, 2.45) is 0 Å². The molecule has 3 heterocycles. The van der Waals surface area contributed by atoms with Crippen LogP contribution in [0.2, 0.25) is 0 Å². The van der Waals surface area contributed by atoms with Crippen LogP contribution in [0.15, 0.2) is 42.6 Å². The van der Waals surface area contributed by atoms with Crippen LogP contribution < -0.4 is 0 Å². The van der Waals surface area contributed by atoms with Crippen LogP contribution in [0.25, 0.3) is 16.6 Å². The third-order valence-electron chi connectivity index (χ3n) is 4.64. The highest BCUT2D eigenvalue weighted by atomic mass is 16.5. The highest BCUT2D eigenvalue weighted by Gasteiger charge is 2.15. The summed E-state index contributed by atoms with van der Waals surface area (Å²) in [5.74, 6) is -0.347. The first-order valence-electron chi connectivity index (χ1n) is 8.57. The molecule has 1 aliphatic rings. The third kappa shape index (κ3) is 3.65. The molecule has 0 saturated carbocycles. The summed E-state index contributed by atoms with van der Waals surface area (Å²) in [5, 5.41) is 1.12. The number of nitrogens with zero attached hydrogens (tertiary/aromatic N) is 3. The number of hydrogen-bond donors (Lipinski definition) is 0. The van der Waals surface area contributed by atoms with Crippen molar-refractivity contribution in [2.75, 3.05) is 26.2 Å². The van der Waals surface area contributed by atoms with E-state index >= 15 is 0 Å². The Morgan fingerprint density at radius 2 is 1.88 bits per heavy atom. The van der Waals surface area contributed by atoms with Crippen LogP contribution in [0, 0.1) is 0 Å². The van der Waals surface area contributed by atoms with Gasteiger partial charge in [0.15, 0.2) is 5.69 Å². The minimum Gasteiger partial charge on any atom is -0.460 e. The molecule has 0 spiro atoms. The molecule has 25 heavy (non-hydrogen) atoms. The molecule has 0 atom stereocenters. The van der Waals surface area contributed by atoms with Gasteiger partial charge in [-0.15, -0.1) is 0 Å². The smallest absolute Gasteiger partial charge is 0.358 e. The SMILES string of the molecule is O.O=C(OCCN1CCCCC1)c1cn2c(ccc3ccccc32)n1. The average molecular weight is 341 g/mol. The number of carbonyl (C=O) groups excluding carboxylic acids is 1. The molecule has 6 nitrogen and oxygen atoms in total. The van der Waals surface area contributed by atoms with E-state index in [1.807, 2.05) is 40.8 Å². The number of pyridine rings is 1. The van der Waals surface area contributed by atoms with Gasteiger partial charge in [0.25, 0.3) is 0 Å².